The molecule has 0 heterocycles. The van der Waals surface area contributed by atoms with Gasteiger partial charge in [-0.15, -0.1) is 0 Å². The molecule has 0 aliphatic heterocycles. The Morgan fingerprint density at radius 3 is 2.53 bits per heavy atom. The number of benzene rings is 1. The second-order valence-electron chi connectivity index (χ2n) is 3.40. The van der Waals surface area contributed by atoms with E-state index >= 15 is 0 Å². The van der Waals surface area contributed by atoms with Crippen molar-refractivity contribution in [2.45, 2.75) is 19.9 Å². The quantitative estimate of drug-likeness (QED) is 0.762. The third kappa shape index (κ3) is 2.98. The van der Waals surface area contributed by atoms with Crippen molar-refractivity contribution in [3.8, 4) is 0 Å². The predicted molar refractivity (Wildman–Crippen MR) is 59.6 cm³/mol. The summed E-state index contributed by atoms with van der Waals surface area (Å²) in [5, 5.41) is 0. The predicted octanol–water partition coefficient (Wildman–Crippen LogP) is 2.84. The molecular formula is C12H17NO2. The molecule has 3 nitrogen and oxygen atoms in total. The van der Waals surface area contributed by atoms with E-state index in [4.69, 9.17) is 4.74 Å². The second-order valence-corrected chi connectivity index (χ2v) is 3.40. The third-order valence-electron chi connectivity index (χ3n) is 2.42. The number of nitrogens with zero attached hydrogens (tertiary/aromatic N) is 1. The first kappa shape index (κ1) is 11.6. The lowest BCUT2D eigenvalue weighted by Gasteiger charge is -2.24. The highest BCUT2D eigenvalue weighted by molar-refractivity contribution is 5.67. The van der Waals surface area contributed by atoms with Gasteiger partial charge in [0.1, 0.15) is 0 Å². The van der Waals surface area contributed by atoms with Crippen LogP contribution in [0.1, 0.15) is 25.5 Å². The van der Waals surface area contributed by atoms with Crippen molar-refractivity contribution in [1.82, 2.24) is 4.90 Å². The highest BCUT2D eigenvalue weighted by atomic mass is 16.6. The van der Waals surface area contributed by atoms with E-state index in [2.05, 4.69) is 0 Å². The molecule has 0 bridgehead atoms. The molecule has 1 aromatic carbocycles. The van der Waals surface area contributed by atoms with Gasteiger partial charge in [-0.2, -0.15) is 0 Å². The van der Waals surface area contributed by atoms with Crippen molar-refractivity contribution >= 4 is 6.09 Å². The summed E-state index contributed by atoms with van der Waals surface area (Å²) in [5.41, 5.74) is 1.10. The Hall–Kier alpha value is -1.51. The molecule has 82 valence electrons. The monoisotopic (exact) mass is 207 g/mol. The lowest BCUT2D eigenvalue weighted by atomic mass is 10.1. The number of carbonyl (C=O) groups excluding carboxylic acids is 1. The van der Waals surface area contributed by atoms with Gasteiger partial charge in [-0.3, -0.25) is 0 Å². The van der Waals surface area contributed by atoms with Gasteiger partial charge >= 0.3 is 6.09 Å². The molecule has 0 radical (unpaired) electrons. The van der Waals surface area contributed by atoms with Crippen molar-refractivity contribution in [2.75, 3.05) is 13.7 Å². The van der Waals surface area contributed by atoms with Gasteiger partial charge in [0.05, 0.1) is 12.6 Å². The minimum atomic E-state index is -0.283. The molecule has 1 rings (SSSR count). The van der Waals surface area contributed by atoms with Gasteiger partial charge < -0.3 is 9.64 Å². The molecule has 0 fully saturated rings. The molecular weight excluding hydrogens is 190 g/mol. The topological polar surface area (TPSA) is 29.5 Å². The lowest BCUT2D eigenvalue weighted by molar-refractivity contribution is 0.104. The van der Waals surface area contributed by atoms with Gasteiger partial charge in [0, 0.05) is 7.05 Å². The third-order valence-corrected chi connectivity index (χ3v) is 2.42. The Bertz CT molecular complexity index is 311. The minimum absolute atomic E-state index is 0.0326. The maximum atomic E-state index is 11.5. The second kappa shape index (κ2) is 5.39. The molecule has 0 spiro atoms. The fraction of sp³-hybridized carbons (Fsp3) is 0.417. The Morgan fingerprint density at radius 2 is 2.00 bits per heavy atom. The average molecular weight is 207 g/mol. The van der Waals surface area contributed by atoms with Crippen molar-refractivity contribution < 1.29 is 9.53 Å². The van der Waals surface area contributed by atoms with E-state index < -0.39 is 0 Å². The van der Waals surface area contributed by atoms with Crippen LogP contribution in [0.4, 0.5) is 4.79 Å². The summed E-state index contributed by atoms with van der Waals surface area (Å²) < 4.78 is 4.93. The Labute approximate surface area is 90.7 Å². The average Bonchev–Trinajstić information content (AvgIpc) is 2.28. The van der Waals surface area contributed by atoms with Crippen molar-refractivity contribution in [3.05, 3.63) is 35.9 Å². The van der Waals surface area contributed by atoms with Crippen LogP contribution in [0.5, 0.6) is 0 Å². The molecule has 1 aromatic rings. The van der Waals surface area contributed by atoms with Crippen LogP contribution in [-0.4, -0.2) is 24.6 Å². The summed E-state index contributed by atoms with van der Waals surface area (Å²) in [6.45, 7) is 4.19. The number of rotatable bonds is 3. The van der Waals surface area contributed by atoms with Gasteiger partial charge in [-0.25, -0.2) is 4.79 Å². The summed E-state index contributed by atoms with van der Waals surface area (Å²) >= 11 is 0. The Kier molecular flexibility index (Phi) is 4.16. The number of carbonyl (C=O) groups is 1. The van der Waals surface area contributed by atoms with E-state index in [1.54, 1.807) is 18.9 Å². The smallest absolute Gasteiger partial charge is 0.409 e. The molecule has 15 heavy (non-hydrogen) atoms. The molecule has 0 N–H and O–H groups in total. The van der Waals surface area contributed by atoms with Crippen LogP contribution in [-0.2, 0) is 4.74 Å². The van der Waals surface area contributed by atoms with Crippen LogP contribution >= 0.6 is 0 Å². The van der Waals surface area contributed by atoms with Crippen LogP contribution in [0.3, 0.4) is 0 Å². The molecule has 0 aliphatic carbocycles. The lowest BCUT2D eigenvalue weighted by Crippen LogP contribution is -2.30. The van der Waals surface area contributed by atoms with E-state index in [0.29, 0.717) is 6.61 Å². The van der Waals surface area contributed by atoms with Crippen molar-refractivity contribution in [3.63, 3.8) is 0 Å². The van der Waals surface area contributed by atoms with Crippen LogP contribution in [0.25, 0.3) is 0 Å². The van der Waals surface area contributed by atoms with E-state index in [1.807, 2.05) is 37.3 Å². The Morgan fingerprint density at radius 1 is 1.40 bits per heavy atom. The first-order valence-electron chi connectivity index (χ1n) is 5.11. The van der Waals surface area contributed by atoms with Gasteiger partial charge in [-0.05, 0) is 19.4 Å². The van der Waals surface area contributed by atoms with Crippen LogP contribution in [0.15, 0.2) is 30.3 Å². The molecule has 1 unspecified atom stereocenters. The van der Waals surface area contributed by atoms with Crippen LogP contribution < -0.4 is 0 Å². The van der Waals surface area contributed by atoms with Gasteiger partial charge in [0.2, 0.25) is 0 Å². The highest BCUT2D eigenvalue weighted by Crippen LogP contribution is 2.18. The van der Waals surface area contributed by atoms with E-state index in [9.17, 15) is 4.79 Å². The molecule has 0 aliphatic rings. The minimum Gasteiger partial charge on any atom is -0.450 e. The van der Waals surface area contributed by atoms with Crippen LogP contribution in [0, 0.1) is 0 Å². The maximum Gasteiger partial charge on any atom is 0.409 e. The summed E-state index contributed by atoms with van der Waals surface area (Å²) in [7, 11) is 1.75. The zero-order valence-electron chi connectivity index (χ0n) is 9.43. The number of amides is 1. The molecule has 1 atom stereocenters. The van der Waals surface area contributed by atoms with Gasteiger partial charge in [-0.1, -0.05) is 30.3 Å². The molecule has 0 saturated heterocycles. The summed E-state index contributed by atoms with van der Waals surface area (Å²) in [5.74, 6) is 0. The first-order valence-corrected chi connectivity index (χ1v) is 5.11. The van der Waals surface area contributed by atoms with Crippen molar-refractivity contribution in [1.29, 1.82) is 0 Å². The molecule has 0 aromatic heterocycles. The number of ether oxygens (including phenoxy) is 1. The summed E-state index contributed by atoms with van der Waals surface area (Å²) in [4.78, 5) is 13.1. The normalized spacial score (nSPS) is 11.9. The molecule has 0 saturated carbocycles. The van der Waals surface area contributed by atoms with Crippen LogP contribution in [0.2, 0.25) is 0 Å². The number of hydrogen-bond donors (Lipinski definition) is 0. The zero-order chi connectivity index (χ0) is 11.3. The zero-order valence-corrected chi connectivity index (χ0v) is 9.43. The Balaban J connectivity index is 2.68. The van der Waals surface area contributed by atoms with E-state index in [1.165, 1.54) is 0 Å². The summed E-state index contributed by atoms with van der Waals surface area (Å²) in [6, 6.07) is 9.92. The van der Waals surface area contributed by atoms with Crippen molar-refractivity contribution in [2.24, 2.45) is 0 Å². The van der Waals surface area contributed by atoms with E-state index in [-0.39, 0.29) is 12.1 Å². The maximum absolute atomic E-state index is 11.5. The standard InChI is InChI=1S/C12H17NO2/c1-4-15-12(14)13(3)10(2)11-8-6-5-7-9-11/h5-10H,4H2,1-3H3. The fourth-order valence-corrected chi connectivity index (χ4v) is 1.34. The first-order chi connectivity index (χ1) is 7.16. The van der Waals surface area contributed by atoms with Gasteiger partial charge in [0.15, 0.2) is 0 Å². The SMILES string of the molecule is CCOC(=O)N(C)C(C)c1ccccc1. The molecule has 1 amide bonds. The van der Waals surface area contributed by atoms with E-state index in [0.717, 1.165) is 5.56 Å². The largest absolute Gasteiger partial charge is 0.450 e. The fourth-order valence-electron chi connectivity index (χ4n) is 1.34. The summed E-state index contributed by atoms with van der Waals surface area (Å²) in [6.07, 6.45) is -0.283. The molecule has 3 heteroatoms. The number of hydrogen-bond acceptors (Lipinski definition) is 2. The highest BCUT2D eigenvalue weighted by Gasteiger charge is 2.17. The van der Waals surface area contributed by atoms with Gasteiger partial charge in [0.25, 0.3) is 0 Å².